The van der Waals surface area contributed by atoms with Crippen molar-refractivity contribution in [3.63, 3.8) is 0 Å². The molecule has 0 bridgehead atoms. The zero-order valence-corrected chi connectivity index (χ0v) is 12.6. The van der Waals surface area contributed by atoms with Crippen LogP contribution in [0.4, 0.5) is 5.13 Å². The van der Waals surface area contributed by atoms with E-state index >= 15 is 0 Å². The maximum absolute atomic E-state index is 4.80. The Labute approximate surface area is 124 Å². The second-order valence-corrected chi connectivity index (χ2v) is 6.96. The van der Waals surface area contributed by atoms with E-state index in [0.717, 1.165) is 11.6 Å². The average molecular weight is 287 g/mol. The van der Waals surface area contributed by atoms with Crippen LogP contribution in [-0.4, -0.2) is 42.1 Å². The number of nitrogens with zero attached hydrogens (tertiary/aromatic N) is 3. The largest absolute Gasteiger partial charge is 0.346 e. The molecular formula is C16H21N3S. The van der Waals surface area contributed by atoms with Gasteiger partial charge in [0.25, 0.3) is 0 Å². The van der Waals surface area contributed by atoms with Crippen LogP contribution in [0, 0.1) is 0 Å². The highest BCUT2D eigenvalue weighted by atomic mass is 32.1. The molecule has 3 nitrogen and oxygen atoms in total. The molecule has 0 amide bonds. The minimum atomic E-state index is 0.752. The number of hydrogen-bond donors (Lipinski definition) is 0. The molecule has 20 heavy (non-hydrogen) atoms. The Kier molecular flexibility index (Phi) is 3.36. The van der Waals surface area contributed by atoms with Crippen molar-refractivity contribution in [3.8, 4) is 0 Å². The van der Waals surface area contributed by atoms with Crippen molar-refractivity contribution >= 4 is 26.7 Å². The quantitative estimate of drug-likeness (QED) is 0.844. The highest BCUT2D eigenvalue weighted by molar-refractivity contribution is 7.22. The summed E-state index contributed by atoms with van der Waals surface area (Å²) in [5.74, 6) is 0. The molecule has 2 aliphatic heterocycles. The van der Waals surface area contributed by atoms with Gasteiger partial charge >= 0.3 is 0 Å². The van der Waals surface area contributed by atoms with E-state index in [2.05, 4.69) is 34.1 Å². The van der Waals surface area contributed by atoms with Gasteiger partial charge in [0.2, 0.25) is 0 Å². The summed E-state index contributed by atoms with van der Waals surface area (Å²) in [5, 5.41) is 1.21. The molecule has 2 aromatic rings. The minimum Gasteiger partial charge on any atom is -0.346 e. The maximum Gasteiger partial charge on any atom is 0.186 e. The van der Waals surface area contributed by atoms with Crippen molar-refractivity contribution < 1.29 is 0 Å². The third-order valence-corrected chi connectivity index (χ3v) is 5.72. The van der Waals surface area contributed by atoms with E-state index in [0.29, 0.717) is 0 Å². The van der Waals surface area contributed by atoms with Gasteiger partial charge in [0.15, 0.2) is 5.13 Å². The number of aromatic nitrogens is 1. The smallest absolute Gasteiger partial charge is 0.186 e. The van der Waals surface area contributed by atoms with Crippen LogP contribution < -0.4 is 4.90 Å². The molecule has 2 aliphatic rings. The second-order valence-electron chi connectivity index (χ2n) is 5.95. The van der Waals surface area contributed by atoms with Crippen molar-refractivity contribution in [2.24, 2.45) is 0 Å². The fraction of sp³-hybridized carbons (Fsp3) is 0.562. The lowest BCUT2D eigenvalue weighted by atomic mass is 10.1. The van der Waals surface area contributed by atoms with Crippen LogP contribution in [0.25, 0.3) is 10.2 Å². The Hall–Kier alpha value is -1.13. The first-order valence-corrected chi connectivity index (χ1v) is 8.56. The Morgan fingerprint density at radius 1 is 1.05 bits per heavy atom. The van der Waals surface area contributed by atoms with Gasteiger partial charge in [-0.05, 0) is 44.5 Å². The highest BCUT2D eigenvalue weighted by Crippen LogP contribution is 2.32. The van der Waals surface area contributed by atoms with E-state index in [-0.39, 0.29) is 0 Å². The van der Waals surface area contributed by atoms with Crippen molar-refractivity contribution in [3.05, 3.63) is 24.3 Å². The number of rotatable bonds is 2. The van der Waals surface area contributed by atoms with E-state index in [1.807, 2.05) is 11.3 Å². The molecule has 2 saturated heterocycles. The molecule has 0 N–H and O–H groups in total. The van der Waals surface area contributed by atoms with Gasteiger partial charge in [0.05, 0.1) is 10.2 Å². The molecular weight excluding hydrogens is 266 g/mol. The SMILES string of the molecule is c1ccc2sc(N3CC[C@@H](N4CCCCC4)C3)nc2c1. The van der Waals surface area contributed by atoms with E-state index in [1.165, 1.54) is 61.7 Å². The lowest BCUT2D eigenvalue weighted by molar-refractivity contribution is 0.175. The molecule has 0 aliphatic carbocycles. The van der Waals surface area contributed by atoms with Crippen molar-refractivity contribution in [2.75, 3.05) is 31.1 Å². The summed E-state index contributed by atoms with van der Waals surface area (Å²) >= 11 is 1.84. The summed E-state index contributed by atoms with van der Waals surface area (Å²) in [6, 6.07) is 9.22. The first-order valence-electron chi connectivity index (χ1n) is 7.75. The monoisotopic (exact) mass is 287 g/mol. The fourth-order valence-electron chi connectivity index (χ4n) is 3.49. The first-order chi connectivity index (χ1) is 9.90. The summed E-state index contributed by atoms with van der Waals surface area (Å²) in [4.78, 5) is 10.00. The van der Waals surface area contributed by atoms with Gasteiger partial charge in [-0.2, -0.15) is 0 Å². The molecule has 0 unspecified atom stereocenters. The molecule has 0 spiro atoms. The minimum absolute atomic E-state index is 0.752. The van der Waals surface area contributed by atoms with Gasteiger partial charge in [-0.25, -0.2) is 4.98 Å². The average Bonchev–Trinajstić information content (AvgIpc) is 3.14. The second kappa shape index (κ2) is 5.34. The number of fused-ring (bicyclic) bond motifs is 1. The van der Waals surface area contributed by atoms with Crippen LogP contribution in [0.15, 0.2) is 24.3 Å². The standard InChI is InChI=1S/C16H21N3S/c1-4-9-18(10-5-1)13-8-11-19(12-13)16-17-14-6-2-3-7-15(14)20-16/h2-3,6-7,13H,1,4-5,8-12H2/t13-/m1/s1. The van der Waals surface area contributed by atoms with Crippen LogP contribution in [0.3, 0.4) is 0 Å². The van der Waals surface area contributed by atoms with Crippen LogP contribution in [0.2, 0.25) is 0 Å². The maximum atomic E-state index is 4.80. The van der Waals surface area contributed by atoms with Crippen LogP contribution >= 0.6 is 11.3 Å². The fourth-order valence-corrected chi connectivity index (χ4v) is 4.49. The number of benzene rings is 1. The molecule has 2 fully saturated rings. The van der Waals surface area contributed by atoms with Crippen molar-refractivity contribution in [1.29, 1.82) is 0 Å². The van der Waals surface area contributed by atoms with Gasteiger partial charge < -0.3 is 4.90 Å². The number of likely N-dealkylation sites (tertiary alicyclic amines) is 1. The summed E-state index contributed by atoms with van der Waals surface area (Å²) < 4.78 is 1.31. The molecule has 1 atom stereocenters. The third-order valence-electron chi connectivity index (χ3n) is 4.62. The summed E-state index contributed by atoms with van der Waals surface area (Å²) in [7, 11) is 0. The van der Waals surface area contributed by atoms with E-state index in [9.17, 15) is 0 Å². The van der Waals surface area contributed by atoms with Crippen molar-refractivity contribution in [2.45, 2.75) is 31.7 Å². The highest BCUT2D eigenvalue weighted by Gasteiger charge is 2.29. The van der Waals surface area contributed by atoms with Gasteiger partial charge in [0, 0.05) is 19.1 Å². The van der Waals surface area contributed by atoms with Crippen LogP contribution in [0.5, 0.6) is 0 Å². The van der Waals surface area contributed by atoms with Gasteiger partial charge in [-0.3, -0.25) is 4.90 Å². The molecule has 1 aromatic heterocycles. The summed E-state index contributed by atoms with van der Waals surface area (Å²) in [6.07, 6.45) is 5.50. The van der Waals surface area contributed by atoms with Crippen molar-refractivity contribution in [1.82, 2.24) is 9.88 Å². The third kappa shape index (κ3) is 2.31. The lowest BCUT2D eigenvalue weighted by Crippen LogP contribution is -2.40. The zero-order chi connectivity index (χ0) is 13.4. The lowest BCUT2D eigenvalue weighted by Gasteiger charge is -2.32. The Balaban J connectivity index is 1.49. The Bertz CT molecular complexity index is 555. The molecule has 0 saturated carbocycles. The molecule has 0 radical (unpaired) electrons. The molecule has 4 rings (SSSR count). The normalized spacial score (nSPS) is 24.6. The first kappa shape index (κ1) is 12.6. The summed E-state index contributed by atoms with van der Waals surface area (Å²) in [5.41, 5.74) is 1.15. The van der Waals surface area contributed by atoms with E-state index < -0.39 is 0 Å². The van der Waals surface area contributed by atoms with Gasteiger partial charge in [0.1, 0.15) is 0 Å². The number of anilines is 1. The summed E-state index contributed by atoms with van der Waals surface area (Å²) in [6.45, 7) is 4.94. The van der Waals surface area contributed by atoms with Crippen LogP contribution in [0.1, 0.15) is 25.7 Å². The number of hydrogen-bond acceptors (Lipinski definition) is 4. The molecule has 3 heterocycles. The molecule has 4 heteroatoms. The molecule has 1 aromatic carbocycles. The predicted molar refractivity (Wildman–Crippen MR) is 85.7 cm³/mol. The van der Waals surface area contributed by atoms with Gasteiger partial charge in [-0.1, -0.05) is 29.9 Å². The van der Waals surface area contributed by atoms with Crippen LogP contribution in [-0.2, 0) is 0 Å². The topological polar surface area (TPSA) is 19.4 Å². The Morgan fingerprint density at radius 2 is 1.90 bits per heavy atom. The predicted octanol–water partition coefficient (Wildman–Crippen LogP) is 3.36. The number of para-hydroxylation sites is 1. The molecule has 106 valence electrons. The van der Waals surface area contributed by atoms with E-state index in [4.69, 9.17) is 4.98 Å². The Morgan fingerprint density at radius 3 is 2.75 bits per heavy atom. The zero-order valence-electron chi connectivity index (χ0n) is 11.8. The van der Waals surface area contributed by atoms with Gasteiger partial charge in [-0.15, -0.1) is 0 Å². The van der Waals surface area contributed by atoms with E-state index in [1.54, 1.807) is 0 Å². The number of thiazole rings is 1. The number of piperidine rings is 1.